The largest absolute Gasteiger partial charge is 0.476 e. The lowest BCUT2D eigenvalue weighted by molar-refractivity contribution is 0.0689. The van der Waals surface area contributed by atoms with Gasteiger partial charge in [0.25, 0.3) is 0 Å². The van der Waals surface area contributed by atoms with Crippen molar-refractivity contribution in [2.75, 3.05) is 0 Å². The number of aromatic carboxylic acids is 1. The molecule has 0 aliphatic carbocycles. The number of hydrogen-bond donors (Lipinski definition) is 1. The van der Waals surface area contributed by atoms with Gasteiger partial charge in [-0.05, 0) is 24.3 Å². The minimum atomic E-state index is -1.09. The quantitative estimate of drug-likeness (QED) is 0.925. The number of carbonyl (C=O) groups is 1. The first kappa shape index (κ1) is 11.9. The minimum Gasteiger partial charge on any atom is -0.476 e. The van der Waals surface area contributed by atoms with Crippen LogP contribution in [0.3, 0.4) is 0 Å². The van der Waals surface area contributed by atoms with Crippen molar-refractivity contribution in [3.63, 3.8) is 0 Å². The molecule has 0 atom stereocenters. The molecule has 1 aromatic carbocycles. The number of aromatic nitrogens is 2. The van der Waals surface area contributed by atoms with Crippen LogP contribution in [0.5, 0.6) is 0 Å². The highest BCUT2D eigenvalue weighted by molar-refractivity contribution is 7.99. The Balaban J connectivity index is 2.21. The molecule has 1 N–H and O–H groups in total. The Hall–Kier alpha value is -1.59. The molecule has 0 bridgehead atoms. The van der Waals surface area contributed by atoms with Crippen LogP contribution in [0.2, 0.25) is 5.02 Å². The molecule has 0 spiro atoms. The second-order valence-electron chi connectivity index (χ2n) is 3.10. The Kier molecular flexibility index (Phi) is 3.61. The molecule has 0 saturated heterocycles. The van der Waals surface area contributed by atoms with Crippen LogP contribution in [-0.2, 0) is 0 Å². The topological polar surface area (TPSA) is 63.1 Å². The van der Waals surface area contributed by atoms with E-state index < -0.39 is 5.97 Å². The minimum absolute atomic E-state index is 0.0658. The van der Waals surface area contributed by atoms with E-state index in [-0.39, 0.29) is 5.69 Å². The fourth-order valence-corrected chi connectivity index (χ4v) is 2.02. The van der Waals surface area contributed by atoms with Gasteiger partial charge in [-0.2, -0.15) is 0 Å². The summed E-state index contributed by atoms with van der Waals surface area (Å²) in [5, 5.41) is 9.97. The van der Waals surface area contributed by atoms with Crippen LogP contribution in [0.1, 0.15) is 10.5 Å². The molecule has 4 nitrogen and oxygen atoms in total. The molecule has 0 radical (unpaired) electrons. The van der Waals surface area contributed by atoms with Gasteiger partial charge in [-0.3, -0.25) is 4.98 Å². The first-order valence-electron chi connectivity index (χ1n) is 4.64. The molecule has 2 aromatic rings. The predicted octanol–water partition coefficient (Wildman–Crippen LogP) is 2.98. The van der Waals surface area contributed by atoms with Gasteiger partial charge in [0.05, 0.1) is 12.4 Å². The third-order valence-electron chi connectivity index (χ3n) is 1.87. The average Bonchev–Trinajstić information content (AvgIpc) is 2.32. The normalized spacial score (nSPS) is 10.2. The van der Waals surface area contributed by atoms with Crippen LogP contribution >= 0.6 is 23.4 Å². The van der Waals surface area contributed by atoms with Gasteiger partial charge in [0, 0.05) is 9.92 Å². The highest BCUT2D eigenvalue weighted by Crippen LogP contribution is 2.26. The maximum absolute atomic E-state index is 10.7. The molecule has 1 heterocycles. The molecule has 17 heavy (non-hydrogen) atoms. The maximum Gasteiger partial charge on any atom is 0.356 e. The molecule has 0 amide bonds. The van der Waals surface area contributed by atoms with E-state index in [1.807, 2.05) is 12.1 Å². The van der Waals surface area contributed by atoms with Crippen molar-refractivity contribution in [2.24, 2.45) is 0 Å². The first-order chi connectivity index (χ1) is 8.15. The fourth-order valence-electron chi connectivity index (χ4n) is 1.12. The Morgan fingerprint density at radius 2 is 1.94 bits per heavy atom. The van der Waals surface area contributed by atoms with Crippen molar-refractivity contribution in [1.82, 2.24) is 9.97 Å². The van der Waals surface area contributed by atoms with Crippen LogP contribution in [-0.4, -0.2) is 21.0 Å². The second kappa shape index (κ2) is 5.16. The van der Waals surface area contributed by atoms with E-state index in [9.17, 15) is 4.79 Å². The third-order valence-corrected chi connectivity index (χ3v) is 3.03. The van der Waals surface area contributed by atoms with Gasteiger partial charge in [-0.1, -0.05) is 23.4 Å². The van der Waals surface area contributed by atoms with Crippen molar-refractivity contribution in [2.45, 2.75) is 9.92 Å². The molecule has 86 valence electrons. The molecule has 2 rings (SSSR count). The Labute approximate surface area is 107 Å². The van der Waals surface area contributed by atoms with Crippen LogP contribution in [0.25, 0.3) is 0 Å². The van der Waals surface area contributed by atoms with Crippen LogP contribution in [0.4, 0.5) is 0 Å². The molecular formula is C11H7ClN2O2S. The standard InChI is InChI=1S/C11H7ClN2O2S/c12-7-1-3-8(4-2-7)17-10-6-13-5-9(14-10)11(15)16/h1-6H,(H,15,16). The van der Waals surface area contributed by atoms with Crippen LogP contribution in [0.15, 0.2) is 46.6 Å². The fraction of sp³-hybridized carbons (Fsp3) is 0. The number of benzene rings is 1. The van der Waals surface area contributed by atoms with E-state index in [4.69, 9.17) is 16.7 Å². The lowest BCUT2D eigenvalue weighted by Crippen LogP contribution is -2.01. The van der Waals surface area contributed by atoms with E-state index in [1.54, 1.807) is 12.1 Å². The van der Waals surface area contributed by atoms with Gasteiger partial charge in [0.15, 0.2) is 5.69 Å². The zero-order valence-electron chi connectivity index (χ0n) is 8.50. The molecule has 0 saturated carbocycles. The van der Waals surface area contributed by atoms with Crippen molar-refractivity contribution >= 4 is 29.3 Å². The average molecular weight is 267 g/mol. The smallest absolute Gasteiger partial charge is 0.356 e. The summed E-state index contributed by atoms with van der Waals surface area (Å²) in [6, 6.07) is 7.20. The summed E-state index contributed by atoms with van der Waals surface area (Å²) < 4.78 is 0. The predicted molar refractivity (Wildman–Crippen MR) is 64.6 cm³/mol. The highest BCUT2D eigenvalue weighted by atomic mass is 35.5. The Morgan fingerprint density at radius 1 is 1.24 bits per heavy atom. The molecule has 0 fully saturated rings. The van der Waals surface area contributed by atoms with Gasteiger partial charge in [-0.15, -0.1) is 0 Å². The van der Waals surface area contributed by atoms with Crippen molar-refractivity contribution in [3.8, 4) is 0 Å². The Morgan fingerprint density at radius 3 is 2.59 bits per heavy atom. The lowest BCUT2D eigenvalue weighted by atomic mass is 10.4. The van der Waals surface area contributed by atoms with Gasteiger partial charge in [0.1, 0.15) is 5.03 Å². The van der Waals surface area contributed by atoms with Crippen molar-refractivity contribution in [1.29, 1.82) is 0 Å². The summed E-state index contributed by atoms with van der Waals surface area (Å²) in [5.41, 5.74) is -0.0658. The highest BCUT2D eigenvalue weighted by Gasteiger charge is 2.07. The number of nitrogens with zero attached hydrogens (tertiary/aromatic N) is 2. The number of halogens is 1. The van der Waals surface area contributed by atoms with Crippen LogP contribution in [0, 0.1) is 0 Å². The van der Waals surface area contributed by atoms with Gasteiger partial charge < -0.3 is 5.11 Å². The van der Waals surface area contributed by atoms with E-state index in [2.05, 4.69) is 9.97 Å². The van der Waals surface area contributed by atoms with Gasteiger partial charge in [-0.25, -0.2) is 9.78 Å². The summed E-state index contributed by atoms with van der Waals surface area (Å²) in [4.78, 5) is 19.4. The Bertz CT molecular complexity index is 545. The summed E-state index contributed by atoms with van der Waals surface area (Å²) in [7, 11) is 0. The molecule has 1 aromatic heterocycles. The number of hydrogen-bond acceptors (Lipinski definition) is 4. The molecule has 0 aliphatic heterocycles. The van der Waals surface area contributed by atoms with Gasteiger partial charge >= 0.3 is 5.97 Å². The summed E-state index contributed by atoms with van der Waals surface area (Å²) in [5.74, 6) is -1.09. The van der Waals surface area contributed by atoms with Crippen LogP contribution < -0.4 is 0 Å². The zero-order chi connectivity index (χ0) is 12.3. The lowest BCUT2D eigenvalue weighted by Gasteiger charge is -2.01. The van der Waals surface area contributed by atoms with Gasteiger partial charge in [0.2, 0.25) is 0 Å². The summed E-state index contributed by atoms with van der Waals surface area (Å²) in [6.07, 6.45) is 2.74. The second-order valence-corrected chi connectivity index (χ2v) is 4.63. The van der Waals surface area contributed by atoms with E-state index in [0.717, 1.165) is 4.90 Å². The summed E-state index contributed by atoms with van der Waals surface area (Å²) in [6.45, 7) is 0. The van der Waals surface area contributed by atoms with Crippen molar-refractivity contribution < 1.29 is 9.90 Å². The van der Waals surface area contributed by atoms with E-state index in [1.165, 1.54) is 24.2 Å². The number of carboxylic acids is 1. The molecular weight excluding hydrogens is 260 g/mol. The maximum atomic E-state index is 10.7. The van der Waals surface area contributed by atoms with E-state index in [0.29, 0.717) is 10.0 Å². The monoisotopic (exact) mass is 266 g/mol. The molecule has 0 aliphatic rings. The van der Waals surface area contributed by atoms with E-state index >= 15 is 0 Å². The third kappa shape index (κ3) is 3.18. The van der Waals surface area contributed by atoms with Crippen molar-refractivity contribution in [3.05, 3.63) is 47.4 Å². The number of carboxylic acid groups (broad SMARTS) is 1. The number of rotatable bonds is 3. The SMILES string of the molecule is O=C(O)c1cncc(Sc2ccc(Cl)cc2)n1. The first-order valence-corrected chi connectivity index (χ1v) is 5.83. The summed E-state index contributed by atoms with van der Waals surface area (Å²) >= 11 is 7.10. The molecule has 6 heteroatoms. The molecule has 0 unspecified atom stereocenters. The zero-order valence-corrected chi connectivity index (χ0v) is 10.1.